The van der Waals surface area contributed by atoms with Crippen LogP contribution in [-0.2, 0) is 32.7 Å². The molecular weight excluding hydrogens is 465 g/mol. The van der Waals surface area contributed by atoms with Gasteiger partial charge in [0.25, 0.3) is 0 Å². The van der Waals surface area contributed by atoms with Gasteiger partial charge in [-0.15, -0.1) is 5.10 Å². The second-order valence-electron chi connectivity index (χ2n) is 8.67. The predicted octanol–water partition coefficient (Wildman–Crippen LogP) is 1.26. The molecule has 0 aliphatic carbocycles. The van der Waals surface area contributed by atoms with Crippen LogP contribution in [0.4, 0.5) is 4.39 Å². The zero-order valence-corrected chi connectivity index (χ0v) is 20.5. The van der Waals surface area contributed by atoms with Crippen molar-refractivity contribution in [1.82, 2.24) is 24.2 Å². The fraction of sp³-hybridized carbons (Fsp3) is 0.591. The minimum atomic E-state index is -4.11. The van der Waals surface area contributed by atoms with E-state index in [2.05, 4.69) is 10.3 Å². The summed E-state index contributed by atoms with van der Waals surface area (Å²) in [4.78, 5) is 14.1. The molecule has 2 aromatic rings. The molecule has 0 fully saturated rings. The topological polar surface area (TPSA) is 118 Å². The Kier molecular flexibility index (Phi) is 8.74. The summed E-state index contributed by atoms with van der Waals surface area (Å²) in [5.74, 6) is -1.23. The van der Waals surface area contributed by atoms with Crippen molar-refractivity contribution in [3.63, 3.8) is 0 Å². The van der Waals surface area contributed by atoms with Crippen molar-refractivity contribution in [3.8, 4) is 0 Å². The SMILES string of the molecule is C[C@H]1CN([C@@H](C)CO)C(=O)CCCn2nncc2CO[C@H]1CN(C)S(=O)(=O)c1ccccc1F. The average molecular weight is 498 g/mol. The van der Waals surface area contributed by atoms with Gasteiger partial charge in [-0.3, -0.25) is 4.79 Å². The molecule has 0 saturated heterocycles. The molecule has 0 unspecified atom stereocenters. The summed E-state index contributed by atoms with van der Waals surface area (Å²) in [7, 11) is -2.74. The van der Waals surface area contributed by atoms with Crippen molar-refractivity contribution in [3.05, 3.63) is 42.0 Å². The van der Waals surface area contributed by atoms with Crippen LogP contribution < -0.4 is 0 Å². The minimum Gasteiger partial charge on any atom is -0.394 e. The van der Waals surface area contributed by atoms with Gasteiger partial charge in [0, 0.05) is 39.0 Å². The van der Waals surface area contributed by atoms with E-state index in [0.717, 1.165) is 10.4 Å². The number of aliphatic hydroxyl groups excluding tert-OH is 1. The molecule has 1 aliphatic heterocycles. The lowest BCUT2D eigenvalue weighted by molar-refractivity contribution is -0.136. The van der Waals surface area contributed by atoms with Crippen molar-refractivity contribution in [2.75, 3.05) is 26.7 Å². The van der Waals surface area contributed by atoms with Crippen LogP contribution in [0.1, 0.15) is 32.4 Å². The van der Waals surface area contributed by atoms with Crippen molar-refractivity contribution < 1.29 is 27.4 Å². The lowest BCUT2D eigenvalue weighted by Crippen LogP contribution is -2.48. The van der Waals surface area contributed by atoms with Gasteiger partial charge in [0.2, 0.25) is 15.9 Å². The lowest BCUT2D eigenvalue weighted by Gasteiger charge is -2.35. The highest BCUT2D eigenvalue weighted by molar-refractivity contribution is 7.89. The maximum atomic E-state index is 14.2. The van der Waals surface area contributed by atoms with Gasteiger partial charge in [-0.1, -0.05) is 24.3 Å². The largest absolute Gasteiger partial charge is 0.394 e. The number of benzene rings is 1. The molecule has 0 radical (unpaired) electrons. The van der Waals surface area contributed by atoms with Crippen LogP contribution in [0, 0.1) is 11.7 Å². The number of aliphatic hydroxyl groups is 1. The summed E-state index contributed by atoms with van der Waals surface area (Å²) in [6, 6.07) is 4.81. The second-order valence-corrected chi connectivity index (χ2v) is 10.7. The number of hydrogen-bond acceptors (Lipinski definition) is 7. The monoisotopic (exact) mass is 497 g/mol. The van der Waals surface area contributed by atoms with Crippen LogP contribution in [0.5, 0.6) is 0 Å². The predicted molar refractivity (Wildman–Crippen MR) is 121 cm³/mol. The fourth-order valence-electron chi connectivity index (χ4n) is 3.92. The van der Waals surface area contributed by atoms with E-state index in [-0.39, 0.29) is 44.5 Å². The maximum Gasteiger partial charge on any atom is 0.245 e. The van der Waals surface area contributed by atoms with Crippen molar-refractivity contribution in [2.24, 2.45) is 5.92 Å². The van der Waals surface area contributed by atoms with Crippen LogP contribution in [0.3, 0.4) is 0 Å². The molecule has 0 saturated carbocycles. The number of aryl methyl sites for hydroxylation is 1. The quantitative estimate of drug-likeness (QED) is 0.638. The summed E-state index contributed by atoms with van der Waals surface area (Å²) in [5.41, 5.74) is 0.713. The van der Waals surface area contributed by atoms with Gasteiger partial charge in [-0.25, -0.2) is 17.5 Å². The van der Waals surface area contributed by atoms with Crippen LogP contribution in [-0.4, -0.2) is 82.5 Å². The van der Waals surface area contributed by atoms with E-state index in [0.29, 0.717) is 18.7 Å². The summed E-state index contributed by atoms with van der Waals surface area (Å²) in [6.45, 7) is 4.27. The summed E-state index contributed by atoms with van der Waals surface area (Å²) < 4.78 is 49.2. The van der Waals surface area contributed by atoms with Crippen LogP contribution in [0.25, 0.3) is 0 Å². The number of hydrogen-bond donors (Lipinski definition) is 1. The first-order chi connectivity index (χ1) is 16.1. The number of likely N-dealkylation sites (N-methyl/N-ethyl adjacent to an activating group) is 1. The number of nitrogens with zero attached hydrogens (tertiary/aromatic N) is 5. The first-order valence-electron chi connectivity index (χ1n) is 11.2. The molecule has 12 heteroatoms. The van der Waals surface area contributed by atoms with E-state index in [9.17, 15) is 22.7 Å². The van der Waals surface area contributed by atoms with Crippen LogP contribution in [0.2, 0.25) is 0 Å². The van der Waals surface area contributed by atoms with Crippen molar-refractivity contribution >= 4 is 15.9 Å². The zero-order valence-electron chi connectivity index (χ0n) is 19.7. The highest BCUT2D eigenvalue weighted by Gasteiger charge is 2.32. The van der Waals surface area contributed by atoms with Crippen LogP contribution in [0.15, 0.2) is 35.4 Å². The van der Waals surface area contributed by atoms with E-state index in [1.807, 2.05) is 6.92 Å². The lowest BCUT2D eigenvalue weighted by atomic mass is 10.0. The van der Waals surface area contributed by atoms with Crippen molar-refractivity contribution in [1.29, 1.82) is 0 Å². The Morgan fingerprint density at radius 1 is 1.35 bits per heavy atom. The highest BCUT2D eigenvalue weighted by Crippen LogP contribution is 2.22. The fourth-order valence-corrected chi connectivity index (χ4v) is 5.16. The smallest absolute Gasteiger partial charge is 0.245 e. The van der Waals surface area contributed by atoms with Gasteiger partial charge in [-0.2, -0.15) is 4.31 Å². The molecule has 3 rings (SSSR count). The molecule has 10 nitrogen and oxygen atoms in total. The third kappa shape index (κ3) is 5.98. The molecule has 0 spiro atoms. The first-order valence-corrected chi connectivity index (χ1v) is 12.7. The number of halogens is 1. The third-order valence-electron chi connectivity index (χ3n) is 6.10. The standard InChI is InChI=1S/C22H32FN5O5S/c1-16-12-27(17(2)14-29)22(30)9-6-10-28-18(11-24-25-28)15-33-20(16)13-26(3)34(31,32)21-8-5-4-7-19(21)23/h4-5,7-8,11,16-17,20,29H,6,9-10,12-15H2,1-3H3/t16-,17-,20-/m0/s1. The molecule has 34 heavy (non-hydrogen) atoms. The van der Waals surface area contributed by atoms with Gasteiger partial charge in [0.1, 0.15) is 10.7 Å². The minimum absolute atomic E-state index is 0.0606. The van der Waals surface area contributed by atoms with Gasteiger partial charge in [-0.05, 0) is 25.5 Å². The van der Waals surface area contributed by atoms with E-state index < -0.39 is 32.9 Å². The Hall–Kier alpha value is -2.41. The summed E-state index contributed by atoms with van der Waals surface area (Å²) in [5, 5.41) is 17.6. The Bertz CT molecular complexity index is 1080. The number of fused-ring (bicyclic) bond motifs is 1. The first kappa shape index (κ1) is 26.2. The highest BCUT2D eigenvalue weighted by atomic mass is 32.2. The number of aromatic nitrogens is 3. The molecule has 1 aromatic carbocycles. The van der Waals surface area contributed by atoms with Crippen molar-refractivity contribution in [2.45, 2.75) is 56.9 Å². The molecule has 1 N–H and O–H groups in total. The zero-order chi connectivity index (χ0) is 24.9. The summed E-state index contributed by atoms with van der Waals surface area (Å²) >= 11 is 0. The molecule has 1 aromatic heterocycles. The van der Waals surface area contributed by atoms with Gasteiger partial charge >= 0.3 is 0 Å². The molecule has 2 heterocycles. The van der Waals surface area contributed by atoms with E-state index in [1.54, 1.807) is 22.7 Å². The Morgan fingerprint density at radius 2 is 2.09 bits per heavy atom. The molecular formula is C22H32FN5O5S. The Labute approximate surface area is 199 Å². The number of amides is 1. The molecule has 188 valence electrons. The Balaban J connectivity index is 1.88. The van der Waals surface area contributed by atoms with Gasteiger partial charge in [0.15, 0.2) is 0 Å². The number of ether oxygens (including phenoxy) is 1. The van der Waals surface area contributed by atoms with Gasteiger partial charge in [0.05, 0.1) is 37.3 Å². The normalized spacial score (nSPS) is 21.6. The van der Waals surface area contributed by atoms with E-state index >= 15 is 0 Å². The Morgan fingerprint density at radius 3 is 2.79 bits per heavy atom. The average Bonchev–Trinajstić information content (AvgIpc) is 3.25. The van der Waals surface area contributed by atoms with E-state index in [4.69, 9.17) is 4.74 Å². The maximum absolute atomic E-state index is 14.2. The molecule has 3 atom stereocenters. The van der Waals surface area contributed by atoms with E-state index in [1.165, 1.54) is 25.2 Å². The summed E-state index contributed by atoms with van der Waals surface area (Å²) in [6.07, 6.45) is 1.79. The number of carbonyl (C=O) groups excluding carboxylic acids is 1. The van der Waals surface area contributed by atoms with Gasteiger partial charge < -0.3 is 14.7 Å². The molecule has 1 amide bonds. The van der Waals surface area contributed by atoms with Crippen LogP contribution >= 0.6 is 0 Å². The molecule has 1 aliphatic rings. The molecule has 0 bridgehead atoms. The number of sulfonamides is 1. The number of rotatable bonds is 6. The number of carbonyl (C=O) groups is 1. The second kappa shape index (κ2) is 11.3. The third-order valence-corrected chi connectivity index (χ3v) is 7.96.